The highest BCUT2D eigenvalue weighted by atomic mass is 16.6. The summed E-state index contributed by atoms with van der Waals surface area (Å²) in [6.45, 7) is 7.37. The van der Waals surface area contributed by atoms with Crippen molar-refractivity contribution in [3.8, 4) is 5.75 Å². The fourth-order valence-electron chi connectivity index (χ4n) is 2.96. The van der Waals surface area contributed by atoms with Crippen molar-refractivity contribution in [3.05, 3.63) is 38.9 Å². The second kappa shape index (κ2) is 5.25. The zero-order valence-corrected chi connectivity index (χ0v) is 12.8. The maximum Gasteiger partial charge on any atom is 0.314 e. The average molecular weight is 302 g/mol. The molecular weight excluding hydrogens is 284 g/mol. The quantitative estimate of drug-likeness (QED) is 0.386. The van der Waals surface area contributed by atoms with Crippen molar-refractivity contribution < 1.29 is 10.0 Å². The van der Waals surface area contributed by atoms with E-state index in [1.54, 1.807) is 13.1 Å². The minimum absolute atomic E-state index is 0.294. The Labute approximate surface area is 128 Å². The van der Waals surface area contributed by atoms with Gasteiger partial charge in [-0.3, -0.25) is 20.1 Å². The van der Waals surface area contributed by atoms with Gasteiger partial charge in [0.15, 0.2) is 5.75 Å². The molecule has 2 rings (SSSR count). The molecule has 0 aliphatic heterocycles. The Hall–Kier alpha value is -2.70. The predicted molar refractivity (Wildman–Crippen MR) is 86.3 cm³/mol. The Bertz CT molecular complexity index is 733. The number of hydrogen-bond acceptors (Lipinski definition) is 5. The van der Waals surface area contributed by atoms with Gasteiger partial charge in [0.05, 0.1) is 10.6 Å². The maximum atomic E-state index is 11.3. The van der Waals surface area contributed by atoms with Gasteiger partial charge >= 0.3 is 5.69 Å². The molecule has 1 aliphatic carbocycles. The zero-order chi connectivity index (χ0) is 16.7. The van der Waals surface area contributed by atoms with Gasteiger partial charge < -0.3 is 10.8 Å². The molecule has 1 aliphatic rings. The molecular formula is C15H18N4O3. The van der Waals surface area contributed by atoms with Crippen molar-refractivity contribution in [2.45, 2.75) is 20.3 Å². The molecule has 7 heteroatoms. The highest BCUT2D eigenvalue weighted by Gasteiger charge is 2.39. The predicted octanol–water partition coefficient (Wildman–Crippen LogP) is 2.28. The SMILES string of the molecule is C=NC1=C(C(N)=NC)C(C)(C)Cc2c1ccc(O)c2[N+](=O)[O-]. The summed E-state index contributed by atoms with van der Waals surface area (Å²) in [5, 5.41) is 21.1. The molecule has 1 aromatic carbocycles. The number of aliphatic imine (C=N–C) groups is 2. The third kappa shape index (κ3) is 2.24. The van der Waals surface area contributed by atoms with Gasteiger partial charge in [-0.05, 0) is 30.7 Å². The summed E-state index contributed by atoms with van der Waals surface area (Å²) in [5.74, 6) is -0.0303. The van der Waals surface area contributed by atoms with E-state index in [2.05, 4.69) is 16.7 Å². The number of hydrogen-bond donors (Lipinski definition) is 2. The summed E-state index contributed by atoms with van der Waals surface area (Å²) in [6, 6.07) is 2.89. The van der Waals surface area contributed by atoms with Gasteiger partial charge in [-0.2, -0.15) is 0 Å². The minimum atomic E-state index is -0.576. The lowest BCUT2D eigenvalue weighted by Crippen LogP contribution is -2.33. The van der Waals surface area contributed by atoms with Crippen LogP contribution in [0.2, 0.25) is 0 Å². The van der Waals surface area contributed by atoms with Crippen LogP contribution in [0, 0.1) is 15.5 Å². The number of aromatic hydroxyl groups is 1. The van der Waals surface area contributed by atoms with Crippen LogP contribution in [0.25, 0.3) is 5.70 Å². The van der Waals surface area contributed by atoms with Crippen LogP contribution in [0.4, 0.5) is 5.69 Å². The highest BCUT2D eigenvalue weighted by Crippen LogP contribution is 2.47. The molecule has 0 radical (unpaired) electrons. The van der Waals surface area contributed by atoms with Crippen LogP contribution in [-0.2, 0) is 6.42 Å². The smallest absolute Gasteiger partial charge is 0.314 e. The van der Waals surface area contributed by atoms with Gasteiger partial charge in [0.2, 0.25) is 0 Å². The fraction of sp³-hybridized carbons (Fsp3) is 0.333. The summed E-state index contributed by atoms with van der Waals surface area (Å²) in [5.41, 5.74) is 7.35. The number of nitro benzene ring substituents is 1. The molecule has 0 heterocycles. The number of nitrogens with zero attached hydrogens (tertiary/aromatic N) is 3. The zero-order valence-electron chi connectivity index (χ0n) is 12.8. The third-order valence-corrected chi connectivity index (χ3v) is 3.89. The molecule has 0 amide bonds. The molecule has 22 heavy (non-hydrogen) atoms. The van der Waals surface area contributed by atoms with Gasteiger partial charge in [0.1, 0.15) is 5.84 Å². The molecule has 0 unspecified atom stereocenters. The monoisotopic (exact) mass is 302 g/mol. The number of fused-ring (bicyclic) bond motifs is 1. The van der Waals surface area contributed by atoms with Crippen molar-refractivity contribution in [2.24, 2.45) is 21.1 Å². The molecule has 0 atom stereocenters. The maximum absolute atomic E-state index is 11.3. The van der Waals surface area contributed by atoms with Crippen LogP contribution in [0.15, 0.2) is 27.7 Å². The van der Waals surface area contributed by atoms with Crippen LogP contribution >= 0.6 is 0 Å². The Morgan fingerprint density at radius 3 is 2.64 bits per heavy atom. The van der Waals surface area contributed by atoms with E-state index in [1.165, 1.54) is 6.07 Å². The third-order valence-electron chi connectivity index (χ3n) is 3.89. The topological polar surface area (TPSA) is 114 Å². The van der Waals surface area contributed by atoms with E-state index in [4.69, 9.17) is 5.73 Å². The van der Waals surface area contributed by atoms with Crippen LogP contribution < -0.4 is 5.73 Å². The average Bonchev–Trinajstić information content (AvgIpc) is 2.43. The molecule has 0 saturated heterocycles. The number of nitrogens with two attached hydrogens (primary N) is 1. The Morgan fingerprint density at radius 1 is 1.50 bits per heavy atom. The molecule has 0 fully saturated rings. The van der Waals surface area contributed by atoms with Crippen molar-refractivity contribution in [2.75, 3.05) is 7.05 Å². The van der Waals surface area contributed by atoms with Crippen molar-refractivity contribution >= 4 is 23.9 Å². The molecule has 0 spiro atoms. The molecule has 3 N–H and O–H groups in total. The van der Waals surface area contributed by atoms with E-state index in [0.717, 1.165) is 0 Å². The fourth-order valence-corrected chi connectivity index (χ4v) is 2.96. The van der Waals surface area contributed by atoms with Crippen LogP contribution in [0.1, 0.15) is 25.0 Å². The van der Waals surface area contributed by atoms with Gasteiger partial charge in [0.25, 0.3) is 0 Å². The van der Waals surface area contributed by atoms with Gasteiger partial charge in [-0.1, -0.05) is 13.8 Å². The van der Waals surface area contributed by atoms with Crippen molar-refractivity contribution in [1.82, 2.24) is 0 Å². The first-order chi connectivity index (χ1) is 10.2. The Morgan fingerprint density at radius 2 is 2.14 bits per heavy atom. The molecule has 0 aromatic heterocycles. The minimum Gasteiger partial charge on any atom is -0.502 e. The molecule has 7 nitrogen and oxygen atoms in total. The molecule has 0 bridgehead atoms. The number of benzene rings is 1. The van der Waals surface area contributed by atoms with E-state index in [-0.39, 0.29) is 11.4 Å². The second-order valence-corrected chi connectivity index (χ2v) is 5.77. The first-order valence-electron chi connectivity index (χ1n) is 6.68. The summed E-state index contributed by atoms with van der Waals surface area (Å²) in [4.78, 5) is 18.8. The van der Waals surface area contributed by atoms with Crippen molar-refractivity contribution in [3.63, 3.8) is 0 Å². The van der Waals surface area contributed by atoms with E-state index < -0.39 is 10.3 Å². The van der Waals surface area contributed by atoms with Gasteiger partial charge in [-0.25, -0.2) is 0 Å². The summed E-state index contributed by atoms with van der Waals surface area (Å²) in [6.07, 6.45) is 0.345. The van der Waals surface area contributed by atoms with Crippen LogP contribution in [-0.4, -0.2) is 29.6 Å². The first-order valence-corrected chi connectivity index (χ1v) is 6.68. The van der Waals surface area contributed by atoms with Gasteiger partial charge in [-0.15, -0.1) is 0 Å². The number of amidine groups is 1. The number of nitro groups is 1. The summed E-state index contributed by atoms with van der Waals surface area (Å²) in [7, 11) is 1.58. The Kier molecular flexibility index (Phi) is 3.74. The van der Waals surface area contributed by atoms with E-state index >= 15 is 0 Å². The summed E-state index contributed by atoms with van der Waals surface area (Å²) >= 11 is 0. The lowest BCUT2D eigenvalue weighted by atomic mass is 9.71. The van der Waals surface area contributed by atoms with E-state index in [0.29, 0.717) is 34.7 Å². The standard InChI is InChI=1S/C15H18N4O3/c1-15(2)7-9-8(5-6-10(20)13(9)19(21)22)12(17-3)11(15)14(16)18-4/h5-6,20H,3,7H2,1-2,4H3,(H2,16,18). The van der Waals surface area contributed by atoms with Crippen LogP contribution in [0.5, 0.6) is 5.75 Å². The molecule has 116 valence electrons. The Balaban J connectivity index is 2.91. The largest absolute Gasteiger partial charge is 0.502 e. The second-order valence-electron chi connectivity index (χ2n) is 5.77. The van der Waals surface area contributed by atoms with E-state index in [9.17, 15) is 15.2 Å². The first kappa shape index (κ1) is 15.7. The highest BCUT2D eigenvalue weighted by molar-refractivity contribution is 6.06. The molecule has 0 saturated carbocycles. The van der Waals surface area contributed by atoms with Crippen molar-refractivity contribution in [1.29, 1.82) is 0 Å². The van der Waals surface area contributed by atoms with Crippen LogP contribution in [0.3, 0.4) is 0 Å². The normalized spacial score (nSPS) is 17.1. The lowest BCUT2D eigenvalue weighted by molar-refractivity contribution is -0.386. The lowest BCUT2D eigenvalue weighted by Gasteiger charge is -2.34. The van der Waals surface area contributed by atoms with E-state index in [1.807, 2.05) is 13.8 Å². The summed E-state index contributed by atoms with van der Waals surface area (Å²) < 4.78 is 0. The van der Waals surface area contributed by atoms with Gasteiger partial charge in [0, 0.05) is 23.7 Å². The number of rotatable bonds is 3. The number of phenolic OH excluding ortho intramolecular Hbond substituents is 1. The number of phenols is 1. The molecule has 1 aromatic rings.